The summed E-state index contributed by atoms with van der Waals surface area (Å²) in [5, 5.41) is 9.68. The number of ether oxygens (including phenoxy) is 2. The third-order valence-electron chi connectivity index (χ3n) is 4.88. The molecular weight excluding hydrogens is 320 g/mol. The Morgan fingerprint density at radius 1 is 1.12 bits per heavy atom. The SMILES string of the molecule is COc1ccc(COC[C@H](O[Si](C)(C)C(C)(C)C)[C@@H](C)CO)cc1. The molecule has 1 rings (SSSR count). The molecular formula is C19H34O4Si. The molecule has 0 aliphatic rings. The van der Waals surface area contributed by atoms with Crippen LogP contribution < -0.4 is 4.74 Å². The Labute approximate surface area is 148 Å². The first-order valence-electron chi connectivity index (χ1n) is 8.60. The van der Waals surface area contributed by atoms with Crippen LogP contribution >= 0.6 is 0 Å². The number of rotatable bonds is 9. The molecule has 1 aromatic rings. The lowest BCUT2D eigenvalue weighted by atomic mass is 10.1. The maximum atomic E-state index is 9.54. The van der Waals surface area contributed by atoms with Gasteiger partial charge in [-0.25, -0.2) is 0 Å². The van der Waals surface area contributed by atoms with Crippen molar-refractivity contribution >= 4 is 8.32 Å². The van der Waals surface area contributed by atoms with Gasteiger partial charge in [-0.2, -0.15) is 0 Å². The highest BCUT2D eigenvalue weighted by Gasteiger charge is 2.40. The smallest absolute Gasteiger partial charge is 0.192 e. The van der Waals surface area contributed by atoms with Crippen molar-refractivity contribution < 1.29 is 19.0 Å². The Balaban J connectivity index is 2.63. The molecule has 0 spiro atoms. The average Bonchev–Trinajstić information content (AvgIpc) is 2.52. The van der Waals surface area contributed by atoms with E-state index < -0.39 is 8.32 Å². The molecule has 0 bridgehead atoms. The van der Waals surface area contributed by atoms with Gasteiger partial charge in [-0.05, 0) is 35.8 Å². The highest BCUT2D eigenvalue weighted by Crippen LogP contribution is 2.38. The number of hydrogen-bond donors (Lipinski definition) is 1. The zero-order valence-corrected chi connectivity index (χ0v) is 17.3. The van der Waals surface area contributed by atoms with E-state index in [4.69, 9.17) is 13.9 Å². The number of aliphatic hydroxyl groups is 1. The van der Waals surface area contributed by atoms with Crippen LogP contribution in [0.3, 0.4) is 0 Å². The van der Waals surface area contributed by atoms with Gasteiger partial charge in [0, 0.05) is 12.5 Å². The molecule has 24 heavy (non-hydrogen) atoms. The topological polar surface area (TPSA) is 47.9 Å². The van der Waals surface area contributed by atoms with Crippen LogP contribution in [0.25, 0.3) is 0 Å². The number of hydrogen-bond acceptors (Lipinski definition) is 4. The molecule has 0 amide bonds. The first-order valence-corrected chi connectivity index (χ1v) is 11.5. The van der Waals surface area contributed by atoms with Crippen LogP contribution in [0.1, 0.15) is 33.3 Å². The van der Waals surface area contributed by atoms with E-state index >= 15 is 0 Å². The molecule has 0 aromatic heterocycles. The highest BCUT2D eigenvalue weighted by atomic mass is 28.4. The van der Waals surface area contributed by atoms with Crippen molar-refractivity contribution in [1.29, 1.82) is 0 Å². The summed E-state index contributed by atoms with van der Waals surface area (Å²) in [5.41, 5.74) is 1.10. The minimum Gasteiger partial charge on any atom is -0.497 e. The number of aliphatic hydroxyl groups excluding tert-OH is 1. The van der Waals surface area contributed by atoms with Crippen LogP contribution in [-0.4, -0.2) is 39.9 Å². The van der Waals surface area contributed by atoms with Gasteiger partial charge < -0.3 is 19.0 Å². The van der Waals surface area contributed by atoms with Gasteiger partial charge in [-0.15, -0.1) is 0 Å². The van der Waals surface area contributed by atoms with E-state index in [0.717, 1.165) is 11.3 Å². The van der Waals surface area contributed by atoms with Gasteiger partial charge in [-0.3, -0.25) is 0 Å². The first-order chi connectivity index (χ1) is 11.1. The van der Waals surface area contributed by atoms with E-state index in [0.29, 0.717) is 13.2 Å². The summed E-state index contributed by atoms with van der Waals surface area (Å²) in [7, 11) is -0.239. The van der Waals surface area contributed by atoms with Crippen LogP contribution in [-0.2, 0) is 15.8 Å². The van der Waals surface area contributed by atoms with Gasteiger partial charge in [0.2, 0.25) is 0 Å². The monoisotopic (exact) mass is 354 g/mol. The molecule has 1 aromatic carbocycles. The largest absolute Gasteiger partial charge is 0.497 e. The summed E-state index contributed by atoms with van der Waals surface area (Å²) in [5.74, 6) is 0.891. The Morgan fingerprint density at radius 3 is 2.17 bits per heavy atom. The standard InChI is InChI=1S/C19H34O4Si/c1-15(12-20)18(23-24(6,7)19(2,3)4)14-22-13-16-8-10-17(21-5)11-9-16/h8-11,15,18,20H,12-14H2,1-7H3/t15-,18-/m0/s1. The summed E-state index contributed by atoms with van der Waals surface area (Å²) in [6.45, 7) is 14.2. The minimum atomic E-state index is -1.90. The summed E-state index contributed by atoms with van der Waals surface area (Å²) in [6, 6.07) is 7.85. The molecule has 0 radical (unpaired) electrons. The maximum Gasteiger partial charge on any atom is 0.192 e. The summed E-state index contributed by atoms with van der Waals surface area (Å²) < 4.78 is 17.5. The molecule has 4 nitrogen and oxygen atoms in total. The predicted octanol–water partition coefficient (Wildman–Crippen LogP) is 4.23. The van der Waals surface area contributed by atoms with Gasteiger partial charge in [0.15, 0.2) is 8.32 Å². The molecule has 0 aliphatic carbocycles. The summed E-state index contributed by atoms with van der Waals surface area (Å²) in [4.78, 5) is 0. The van der Waals surface area contributed by atoms with Crippen LogP contribution in [0.4, 0.5) is 0 Å². The van der Waals surface area contributed by atoms with E-state index in [9.17, 15) is 5.11 Å². The predicted molar refractivity (Wildman–Crippen MR) is 101 cm³/mol. The molecule has 2 atom stereocenters. The fraction of sp³-hybridized carbons (Fsp3) is 0.684. The van der Waals surface area contributed by atoms with Crippen molar-refractivity contribution in [3.63, 3.8) is 0 Å². The lowest BCUT2D eigenvalue weighted by molar-refractivity contribution is -0.00404. The third-order valence-corrected chi connectivity index (χ3v) is 9.39. The normalized spacial score (nSPS) is 15.2. The highest BCUT2D eigenvalue weighted by molar-refractivity contribution is 6.74. The third kappa shape index (κ3) is 6.20. The molecule has 0 saturated carbocycles. The lowest BCUT2D eigenvalue weighted by Gasteiger charge is -2.40. The fourth-order valence-corrected chi connectivity index (χ4v) is 3.41. The fourth-order valence-electron chi connectivity index (χ4n) is 2.00. The maximum absolute atomic E-state index is 9.54. The zero-order valence-electron chi connectivity index (χ0n) is 16.3. The second kappa shape index (κ2) is 8.99. The number of methoxy groups -OCH3 is 1. The molecule has 0 saturated heterocycles. The van der Waals surface area contributed by atoms with Crippen molar-refractivity contribution in [2.75, 3.05) is 20.3 Å². The van der Waals surface area contributed by atoms with Crippen molar-refractivity contribution in [3.05, 3.63) is 29.8 Å². The number of benzene rings is 1. The van der Waals surface area contributed by atoms with Gasteiger partial charge in [0.1, 0.15) is 5.75 Å². The van der Waals surface area contributed by atoms with Crippen molar-refractivity contribution in [2.24, 2.45) is 5.92 Å². The van der Waals surface area contributed by atoms with E-state index in [-0.39, 0.29) is 23.7 Å². The van der Waals surface area contributed by atoms with Crippen LogP contribution in [0.5, 0.6) is 5.75 Å². The molecule has 0 aliphatic heterocycles. The van der Waals surface area contributed by atoms with Gasteiger partial charge in [0.25, 0.3) is 0 Å². The van der Waals surface area contributed by atoms with Crippen LogP contribution in [0.2, 0.25) is 18.1 Å². The van der Waals surface area contributed by atoms with Gasteiger partial charge in [0.05, 0.1) is 26.4 Å². The summed E-state index contributed by atoms with van der Waals surface area (Å²) >= 11 is 0. The second-order valence-corrected chi connectivity index (χ2v) is 12.7. The first kappa shape index (κ1) is 21.2. The van der Waals surface area contributed by atoms with Gasteiger partial charge >= 0.3 is 0 Å². The van der Waals surface area contributed by atoms with Crippen LogP contribution in [0, 0.1) is 5.92 Å². The van der Waals surface area contributed by atoms with Crippen molar-refractivity contribution in [3.8, 4) is 5.75 Å². The van der Waals surface area contributed by atoms with E-state index in [1.165, 1.54) is 0 Å². The minimum absolute atomic E-state index is 0.0509. The van der Waals surface area contributed by atoms with Gasteiger partial charge in [-0.1, -0.05) is 39.8 Å². The van der Waals surface area contributed by atoms with E-state index in [1.54, 1.807) is 7.11 Å². The van der Waals surface area contributed by atoms with Crippen molar-refractivity contribution in [1.82, 2.24) is 0 Å². The van der Waals surface area contributed by atoms with E-state index in [2.05, 4.69) is 33.9 Å². The van der Waals surface area contributed by atoms with E-state index in [1.807, 2.05) is 31.2 Å². The average molecular weight is 355 g/mol. The lowest BCUT2D eigenvalue weighted by Crippen LogP contribution is -2.47. The Morgan fingerprint density at radius 2 is 1.71 bits per heavy atom. The molecule has 138 valence electrons. The molecule has 1 N–H and O–H groups in total. The Hall–Kier alpha value is -0.883. The molecule has 5 heteroatoms. The van der Waals surface area contributed by atoms with Crippen LogP contribution in [0.15, 0.2) is 24.3 Å². The molecule has 0 fully saturated rings. The molecule has 0 heterocycles. The zero-order chi connectivity index (χ0) is 18.4. The second-order valence-electron chi connectivity index (χ2n) is 7.94. The Kier molecular flexibility index (Phi) is 7.93. The molecule has 0 unspecified atom stereocenters. The quantitative estimate of drug-likeness (QED) is 0.674. The van der Waals surface area contributed by atoms with Crippen molar-refractivity contribution in [2.45, 2.75) is 58.5 Å². The summed E-state index contributed by atoms with van der Waals surface area (Å²) in [6.07, 6.45) is -0.0888. The Bertz CT molecular complexity index is 479.